The fourth-order valence-electron chi connectivity index (χ4n) is 9.01. The van der Waals surface area contributed by atoms with Crippen molar-refractivity contribution in [2.75, 3.05) is 0 Å². The van der Waals surface area contributed by atoms with Crippen LogP contribution in [0.3, 0.4) is 0 Å². The summed E-state index contributed by atoms with van der Waals surface area (Å²) in [5.41, 5.74) is 13.4. The van der Waals surface area contributed by atoms with Gasteiger partial charge in [-0.15, -0.1) is 0 Å². The Labute approximate surface area is 330 Å². The lowest BCUT2D eigenvalue weighted by atomic mass is 9.83. The Hall–Kier alpha value is -7.73. The molecule has 0 bridgehead atoms. The Morgan fingerprint density at radius 1 is 0.333 bits per heavy atom. The van der Waals surface area contributed by atoms with Gasteiger partial charge < -0.3 is 4.57 Å². The van der Waals surface area contributed by atoms with Gasteiger partial charge in [-0.3, -0.25) is 0 Å². The predicted octanol–water partition coefficient (Wildman–Crippen LogP) is 14.8. The summed E-state index contributed by atoms with van der Waals surface area (Å²) in [5, 5.41) is 19.5. The molecule has 0 fully saturated rings. The molecule has 57 heavy (non-hydrogen) atoms. The molecule has 10 aromatic carbocycles. The molecule has 11 aromatic rings. The van der Waals surface area contributed by atoms with Crippen LogP contribution >= 0.6 is 0 Å². The average molecular weight is 723 g/mol. The second kappa shape index (κ2) is 13.2. The van der Waals surface area contributed by atoms with Crippen molar-refractivity contribution in [1.29, 1.82) is 5.26 Å². The highest BCUT2D eigenvalue weighted by molar-refractivity contribution is 6.23. The molecule has 264 valence electrons. The molecular formula is C55H34N2. The standard InChI is InChI=1S/C55H34N2/c56-35-36-23-27-46-47-28-24-41(34-53(47)57(52(46)31-36)43-19-8-3-9-20-43)40-25-29-48-50(32-40)54(38-14-4-1-5-15-38)49-30-26-42(33-51(49)55(48)39-16-6-2-7-17-39)45-22-12-18-37-13-10-11-21-44(37)45/h1-34H. The molecule has 0 saturated carbocycles. The number of aromatic nitrogens is 1. The van der Waals surface area contributed by atoms with E-state index in [2.05, 4.69) is 199 Å². The fraction of sp³-hybridized carbons (Fsp3) is 0. The lowest BCUT2D eigenvalue weighted by molar-refractivity contribution is 1.18. The quantitative estimate of drug-likeness (QED) is 0.163. The molecule has 0 aliphatic heterocycles. The van der Waals surface area contributed by atoms with E-state index in [1.54, 1.807) is 0 Å². The predicted molar refractivity (Wildman–Crippen MR) is 240 cm³/mol. The molecule has 2 heteroatoms. The van der Waals surface area contributed by atoms with Gasteiger partial charge in [-0.2, -0.15) is 5.26 Å². The minimum atomic E-state index is 0.649. The molecule has 0 N–H and O–H groups in total. The van der Waals surface area contributed by atoms with Crippen LogP contribution in [0.4, 0.5) is 0 Å². The van der Waals surface area contributed by atoms with Crippen LogP contribution in [-0.2, 0) is 0 Å². The van der Waals surface area contributed by atoms with Gasteiger partial charge >= 0.3 is 0 Å². The Bertz CT molecular complexity index is 3380. The number of para-hydroxylation sites is 1. The van der Waals surface area contributed by atoms with E-state index in [-0.39, 0.29) is 0 Å². The molecule has 0 aliphatic rings. The van der Waals surface area contributed by atoms with E-state index in [9.17, 15) is 5.26 Å². The minimum absolute atomic E-state index is 0.649. The molecular weight excluding hydrogens is 689 g/mol. The number of nitriles is 1. The van der Waals surface area contributed by atoms with Gasteiger partial charge in [0, 0.05) is 16.5 Å². The summed E-state index contributed by atoms with van der Waals surface area (Å²) >= 11 is 0. The lowest BCUT2D eigenvalue weighted by Gasteiger charge is -2.20. The highest BCUT2D eigenvalue weighted by Gasteiger charge is 2.20. The number of nitrogens with zero attached hydrogens (tertiary/aromatic N) is 2. The summed E-state index contributed by atoms with van der Waals surface area (Å²) in [7, 11) is 0. The van der Waals surface area contributed by atoms with Crippen LogP contribution in [0.5, 0.6) is 0 Å². The largest absolute Gasteiger partial charge is 0.309 e. The zero-order valence-corrected chi connectivity index (χ0v) is 31.0. The van der Waals surface area contributed by atoms with Gasteiger partial charge in [-0.1, -0.05) is 164 Å². The van der Waals surface area contributed by atoms with Crippen LogP contribution in [0.25, 0.3) is 104 Å². The Morgan fingerprint density at radius 3 is 1.51 bits per heavy atom. The van der Waals surface area contributed by atoms with Crippen molar-refractivity contribution >= 4 is 54.1 Å². The summed E-state index contributed by atoms with van der Waals surface area (Å²) in [4.78, 5) is 0. The van der Waals surface area contributed by atoms with Gasteiger partial charge in [0.15, 0.2) is 0 Å². The second-order valence-corrected chi connectivity index (χ2v) is 14.8. The van der Waals surface area contributed by atoms with E-state index < -0.39 is 0 Å². The second-order valence-electron chi connectivity index (χ2n) is 14.8. The van der Waals surface area contributed by atoms with Gasteiger partial charge in [0.1, 0.15) is 0 Å². The average Bonchev–Trinajstić information content (AvgIpc) is 3.61. The Balaban J connectivity index is 1.20. The van der Waals surface area contributed by atoms with Crippen molar-refractivity contribution in [2.45, 2.75) is 0 Å². The number of rotatable bonds is 5. The molecule has 0 radical (unpaired) electrons. The first kappa shape index (κ1) is 32.7. The normalized spacial score (nSPS) is 11.5. The van der Waals surface area contributed by atoms with Crippen molar-refractivity contribution in [2.24, 2.45) is 0 Å². The minimum Gasteiger partial charge on any atom is -0.309 e. The van der Waals surface area contributed by atoms with Crippen molar-refractivity contribution in [3.8, 4) is 56.3 Å². The van der Waals surface area contributed by atoms with Crippen molar-refractivity contribution in [3.05, 3.63) is 212 Å². The van der Waals surface area contributed by atoms with Crippen LogP contribution in [0.15, 0.2) is 206 Å². The molecule has 0 spiro atoms. The molecule has 1 aromatic heterocycles. The molecule has 0 unspecified atom stereocenters. The van der Waals surface area contributed by atoms with Crippen molar-refractivity contribution in [3.63, 3.8) is 0 Å². The molecule has 0 saturated heterocycles. The maximum atomic E-state index is 9.82. The number of fused-ring (bicyclic) bond motifs is 6. The third kappa shape index (κ3) is 5.33. The van der Waals surface area contributed by atoms with E-state index in [0.29, 0.717) is 5.56 Å². The number of hydrogen-bond donors (Lipinski definition) is 0. The highest BCUT2D eigenvalue weighted by atomic mass is 15.0. The Morgan fingerprint density at radius 2 is 0.842 bits per heavy atom. The number of benzene rings is 10. The Kier molecular flexibility index (Phi) is 7.59. The highest BCUT2D eigenvalue weighted by Crippen LogP contribution is 2.46. The maximum Gasteiger partial charge on any atom is 0.0992 e. The SMILES string of the molecule is N#Cc1ccc2c3ccc(-c4ccc5c(-c6ccccc6)c6cc(-c7cccc8ccccc78)ccc6c(-c6ccccc6)c5c4)cc3n(-c3ccccc3)c2c1. The summed E-state index contributed by atoms with van der Waals surface area (Å²) in [5.74, 6) is 0. The maximum absolute atomic E-state index is 9.82. The van der Waals surface area contributed by atoms with E-state index in [1.165, 1.54) is 65.7 Å². The summed E-state index contributed by atoms with van der Waals surface area (Å²) in [6.45, 7) is 0. The molecule has 2 nitrogen and oxygen atoms in total. The molecule has 11 rings (SSSR count). The van der Waals surface area contributed by atoms with E-state index in [4.69, 9.17) is 0 Å². The van der Waals surface area contributed by atoms with Gasteiger partial charge in [-0.05, 0) is 119 Å². The summed E-state index contributed by atoms with van der Waals surface area (Å²) < 4.78 is 2.29. The fourth-order valence-corrected chi connectivity index (χ4v) is 9.01. The topological polar surface area (TPSA) is 28.7 Å². The monoisotopic (exact) mass is 722 g/mol. The third-order valence-corrected chi connectivity index (χ3v) is 11.6. The first-order chi connectivity index (χ1) is 28.2. The van der Waals surface area contributed by atoms with Gasteiger partial charge in [0.25, 0.3) is 0 Å². The molecule has 1 heterocycles. The van der Waals surface area contributed by atoms with Crippen LogP contribution in [0.1, 0.15) is 5.56 Å². The van der Waals surface area contributed by atoms with Gasteiger partial charge in [0.2, 0.25) is 0 Å². The first-order valence-corrected chi connectivity index (χ1v) is 19.4. The van der Waals surface area contributed by atoms with Crippen LogP contribution < -0.4 is 0 Å². The molecule has 0 aliphatic carbocycles. The van der Waals surface area contributed by atoms with E-state index in [0.717, 1.165) is 38.6 Å². The summed E-state index contributed by atoms with van der Waals surface area (Å²) in [6.07, 6.45) is 0. The molecule has 0 atom stereocenters. The smallest absolute Gasteiger partial charge is 0.0992 e. The first-order valence-electron chi connectivity index (χ1n) is 19.4. The third-order valence-electron chi connectivity index (χ3n) is 11.6. The lowest BCUT2D eigenvalue weighted by Crippen LogP contribution is -1.94. The summed E-state index contributed by atoms with van der Waals surface area (Å²) in [6, 6.07) is 76.6. The van der Waals surface area contributed by atoms with E-state index >= 15 is 0 Å². The van der Waals surface area contributed by atoms with E-state index in [1.807, 2.05) is 18.2 Å². The van der Waals surface area contributed by atoms with Crippen LogP contribution in [0.2, 0.25) is 0 Å². The number of hydrogen-bond acceptors (Lipinski definition) is 1. The van der Waals surface area contributed by atoms with Crippen LogP contribution in [0, 0.1) is 11.3 Å². The van der Waals surface area contributed by atoms with Crippen molar-refractivity contribution in [1.82, 2.24) is 4.57 Å². The van der Waals surface area contributed by atoms with Gasteiger partial charge in [-0.25, -0.2) is 0 Å². The molecule has 0 amide bonds. The van der Waals surface area contributed by atoms with Gasteiger partial charge in [0.05, 0.1) is 22.7 Å². The van der Waals surface area contributed by atoms with Crippen LogP contribution in [-0.4, -0.2) is 4.57 Å². The van der Waals surface area contributed by atoms with Crippen molar-refractivity contribution < 1.29 is 0 Å². The zero-order valence-electron chi connectivity index (χ0n) is 31.0. The zero-order chi connectivity index (χ0) is 37.9.